The highest BCUT2D eigenvalue weighted by molar-refractivity contribution is 7.19. The molecule has 4 nitrogen and oxygen atoms in total. The van der Waals surface area contributed by atoms with E-state index in [1.807, 2.05) is 63.2 Å². The molecule has 0 bridgehead atoms. The number of hydrogen-bond donors (Lipinski definition) is 1. The Kier molecular flexibility index (Phi) is 4.59. The molecule has 0 radical (unpaired) electrons. The Bertz CT molecular complexity index is 878. The zero-order valence-corrected chi connectivity index (χ0v) is 15.3. The van der Waals surface area contributed by atoms with Crippen LogP contribution in [0.5, 0.6) is 5.75 Å². The predicted octanol–water partition coefficient (Wildman–Crippen LogP) is 5.01. The van der Waals surface area contributed by atoms with Crippen LogP contribution in [0.3, 0.4) is 0 Å². The molecule has 5 heteroatoms. The topological polar surface area (TPSA) is 65.2 Å². The molecule has 3 aromatic rings. The van der Waals surface area contributed by atoms with Gasteiger partial charge in [0.25, 0.3) is 0 Å². The maximum absolute atomic E-state index is 12.0. The van der Waals surface area contributed by atoms with Crippen LogP contribution in [0.2, 0.25) is 0 Å². The largest absolute Gasteiger partial charge is 0.426 e. The molecule has 0 fully saturated rings. The molecule has 0 saturated heterocycles. The first kappa shape index (κ1) is 17.2. The zero-order valence-electron chi connectivity index (χ0n) is 14.4. The molecule has 0 amide bonds. The van der Waals surface area contributed by atoms with E-state index in [0.717, 1.165) is 21.7 Å². The number of nitrogen functional groups attached to an aromatic ring is 1. The minimum Gasteiger partial charge on any atom is -0.426 e. The van der Waals surface area contributed by atoms with Crippen molar-refractivity contribution in [3.63, 3.8) is 0 Å². The smallest absolute Gasteiger partial charge is 0.316 e. The zero-order chi connectivity index (χ0) is 18.0. The molecular weight excluding hydrogens is 332 g/mol. The number of nitrogens with two attached hydrogens (primary N) is 1. The van der Waals surface area contributed by atoms with Gasteiger partial charge in [0.05, 0.1) is 16.0 Å². The van der Waals surface area contributed by atoms with Gasteiger partial charge < -0.3 is 10.5 Å². The van der Waals surface area contributed by atoms with Crippen molar-refractivity contribution in [1.29, 1.82) is 0 Å². The van der Waals surface area contributed by atoms with Crippen LogP contribution in [0.1, 0.15) is 20.8 Å². The van der Waals surface area contributed by atoms with E-state index < -0.39 is 5.41 Å². The van der Waals surface area contributed by atoms with E-state index in [1.54, 1.807) is 12.1 Å². The van der Waals surface area contributed by atoms with Gasteiger partial charge in [0.1, 0.15) is 5.75 Å². The van der Waals surface area contributed by atoms with Crippen molar-refractivity contribution in [2.75, 3.05) is 5.73 Å². The van der Waals surface area contributed by atoms with Gasteiger partial charge in [0.2, 0.25) is 0 Å². The minimum absolute atomic E-state index is 0.261. The van der Waals surface area contributed by atoms with E-state index >= 15 is 0 Å². The highest BCUT2D eigenvalue weighted by Gasteiger charge is 2.23. The molecular formula is C20H20N2O2S. The van der Waals surface area contributed by atoms with Crippen molar-refractivity contribution in [3.8, 4) is 27.4 Å². The molecule has 0 unspecified atom stereocenters. The van der Waals surface area contributed by atoms with Crippen LogP contribution in [-0.2, 0) is 4.79 Å². The SMILES string of the molecule is CC(C)(C)C(=O)Oc1ccc(-c2nc(N)sc2-c2ccccc2)cc1. The Morgan fingerprint density at radius 2 is 1.64 bits per heavy atom. The summed E-state index contributed by atoms with van der Waals surface area (Å²) < 4.78 is 5.41. The molecule has 128 valence electrons. The molecule has 0 atom stereocenters. The number of carbonyl (C=O) groups is 1. The summed E-state index contributed by atoms with van der Waals surface area (Å²) in [6.07, 6.45) is 0. The van der Waals surface area contributed by atoms with Crippen LogP contribution in [0, 0.1) is 5.41 Å². The third-order valence-corrected chi connectivity index (χ3v) is 4.56. The average molecular weight is 352 g/mol. The van der Waals surface area contributed by atoms with Crippen LogP contribution in [0.15, 0.2) is 54.6 Å². The summed E-state index contributed by atoms with van der Waals surface area (Å²) in [5, 5.41) is 0.525. The van der Waals surface area contributed by atoms with E-state index in [1.165, 1.54) is 11.3 Å². The first-order valence-electron chi connectivity index (χ1n) is 7.99. The number of ether oxygens (including phenoxy) is 1. The molecule has 0 aliphatic carbocycles. The van der Waals surface area contributed by atoms with Gasteiger partial charge in [-0.05, 0) is 50.6 Å². The number of anilines is 1. The van der Waals surface area contributed by atoms with Gasteiger partial charge in [-0.25, -0.2) is 4.98 Å². The number of benzene rings is 2. The second-order valence-corrected chi connectivity index (χ2v) is 7.79. The van der Waals surface area contributed by atoms with Crippen molar-refractivity contribution in [1.82, 2.24) is 4.98 Å². The van der Waals surface area contributed by atoms with E-state index in [-0.39, 0.29) is 5.97 Å². The maximum Gasteiger partial charge on any atom is 0.316 e. The first-order chi connectivity index (χ1) is 11.8. The van der Waals surface area contributed by atoms with Crippen molar-refractivity contribution in [2.24, 2.45) is 5.41 Å². The van der Waals surface area contributed by atoms with Crippen LogP contribution < -0.4 is 10.5 Å². The highest BCUT2D eigenvalue weighted by atomic mass is 32.1. The lowest BCUT2D eigenvalue weighted by atomic mass is 9.97. The number of nitrogens with zero attached hydrogens (tertiary/aromatic N) is 1. The van der Waals surface area contributed by atoms with Gasteiger partial charge in [-0.15, -0.1) is 0 Å². The summed E-state index contributed by atoms with van der Waals surface area (Å²) in [7, 11) is 0. The van der Waals surface area contributed by atoms with E-state index in [4.69, 9.17) is 10.5 Å². The second kappa shape index (κ2) is 6.69. The van der Waals surface area contributed by atoms with Crippen LogP contribution >= 0.6 is 11.3 Å². The lowest BCUT2D eigenvalue weighted by molar-refractivity contribution is -0.142. The molecule has 1 heterocycles. The fraction of sp³-hybridized carbons (Fsp3) is 0.200. The van der Waals surface area contributed by atoms with Crippen molar-refractivity contribution >= 4 is 22.4 Å². The Morgan fingerprint density at radius 3 is 2.24 bits per heavy atom. The number of esters is 1. The standard InChI is InChI=1S/C20H20N2O2S/c1-20(2,3)18(23)24-15-11-9-13(10-12-15)16-17(25-19(21)22-16)14-7-5-4-6-8-14/h4-12H,1-3H3,(H2,21,22). The lowest BCUT2D eigenvalue weighted by Gasteiger charge is -2.16. The number of thiazole rings is 1. The molecule has 0 aliphatic rings. The quantitative estimate of drug-likeness (QED) is 0.531. The van der Waals surface area contributed by atoms with E-state index in [9.17, 15) is 4.79 Å². The minimum atomic E-state index is -0.539. The number of aromatic nitrogens is 1. The summed E-state index contributed by atoms with van der Waals surface area (Å²) in [6, 6.07) is 17.4. The van der Waals surface area contributed by atoms with Crippen LogP contribution in [0.4, 0.5) is 5.13 Å². The van der Waals surface area contributed by atoms with Crippen LogP contribution in [-0.4, -0.2) is 11.0 Å². The summed E-state index contributed by atoms with van der Waals surface area (Å²) in [5.41, 5.74) is 8.24. The van der Waals surface area contributed by atoms with Gasteiger partial charge in [-0.3, -0.25) is 4.79 Å². The maximum atomic E-state index is 12.0. The summed E-state index contributed by atoms with van der Waals surface area (Å²) in [4.78, 5) is 17.5. The summed E-state index contributed by atoms with van der Waals surface area (Å²) in [6.45, 7) is 5.48. The van der Waals surface area contributed by atoms with Gasteiger partial charge in [0, 0.05) is 5.56 Å². The molecule has 2 N–H and O–H groups in total. The summed E-state index contributed by atoms with van der Waals surface area (Å²) in [5.74, 6) is 0.260. The van der Waals surface area contributed by atoms with Crippen molar-refractivity contribution in [2.45, 2.75) is 20.8 Å². The van der Waals surface area contributed by atoms with E-state index in [0.29, 0.717) is 10.9 Å². The normalized spacial score (nSPS) is 11.3. The number of hydrogen-bond acceptors (Lipinski definition) is 5. The fourth-order valence-corrected chi connectivity index (χ4v) is 3.12. The first-order valence-corrected chi connectivity index (χ1v) is 8.81. The van der Waals surface area contributed by atoms with Crippen molar-refractivity contribution in [3.05, 3.63) is 54.6 Å². The lowest BCUT2D eigenvalue weighted by Crippen LogP contribution is -2.25. The molecule has 0 spiro atoms. The van der Waals surface area contributed by atoms with Gasteiger partial charge in [0.15, 0.2) is 5.13 Å². The van der Waals surface area contributed by atoms with Gasteiger partial charge >= 0.3 is 5.97 Å². The predicted molar refractivity (Wildman–Crippen MR) is 102 cm³/mol. The number of rotatable bonds is 3. The highest BCUT2D eigenvalue weighted by Crippen LogP contribution is 2.38. The van der Waals surface area contributed by atoms with Crippen molar-refractivity contribution < 1.29 is 9.53 Å². The monoisotopic (exact) mass is 352 g/mol. The molecule has 0 aliphatic heterocycles. The van der Waals surface area contributed by atoms with Gasteiger partial charge in [-0.1, -0.05) is 41.7 Å². The Labute approximate surface area is 151 Å². The Balaban J connectivity index is 1.90. The molecule has 25 heavy (non-hydrogen) atoms. The number of carbonyl (C=O) groups excluding carboxylic acids is 1. The third kappa shape index (κ3) is 3.88. The average Bonchev–Trinajstić information content (AvgIpc) is 2.97. The second-order valence-electron chi connectivity index (χ2n) is 6.76. The van der Waals surface area contributed by atoms with Gasteiger partial charge in [-0.2, -0.15) is 0 Å². The molecule has 2 aromatic carbocycles. The Hall–Kier alpha value is -2.66. The van der Waals surface area contributed by atoms with Crippen LogP contribution in [0.25, 0.3) is 21.7 Å². The summed E-state index contributed by atoms with van der Waals surface area (Å²) >= 11 is 1.46. The Morgan fingerprint density at radius 1 is 1.00 bits per heavy atom. The van der Waals surface area contributed by atoms with E-state index in [2.05, 4.69) is 4.98 Å². The molecule has 0 saturated carbocycles. The third-order valence-electron chi connectivity index (χ3n) is 3.63. The molecule has 3 rings (SSSR count). The molecule has 1 aromatic heterocycles. The fourth-order valence-electron chi connectivity index (χ4n) is 2.26.